The highest BCUT2D eigenvalue weighted by molar-refractivity contribution is 5.79. The number of aryl methyl sites for hydroxylation is 1. The average molecular weight is 356 g/mol. The van der Waals surface area contributed by atoms with Crippen LogP contribution >= 0.6 is 0 Å². The summed E-state index contributed by atoms with van der Waals surface area (Å²) < 4.78 is 5.25. The summed E-state index contributed by atoms with van der Waals surface area (Å²) in [6.07, 6.45) is 1.77. The van der Waals surface area contributed by atoms with Gasteiger partial charge >= 0.3 is 5.97 Å². The molecule has 6 heteroatoms. The van der Waals surface area contributed by atoms with E-state index >= 15 is 0 Å². The van der Waals surface area contributed by atoms with Crippen molar-refractivity contribution in [3.63, 3.8) is 0 Å². The number of amides is 1. The monoisotopic (exact) mass is 356 g/mol. The van der Waals surface area contributed by atoms with E-state index in [2.05, 4.69) is 10.3 Å². The van der Waals surface area contributed by atoms with E-state index in [-0.39, 0.29) is 12.5 Å². The predicted octanol–water partition coefficient (Wildman–Crippen LogP) is 2.61. The predicted molar refractivity (Wildman–Crippen MR) is 97.7 cm³/mol. The zero-order chi connectivity index (χ0) is 18.4. The van der Waals surface area contributed by atoms with Crippen molar-refractivity contribution >= 4 is 11.9 Å². The lowest BCUT2D eigenvalue weighted by atomic mass is 9.80. The van der Waals surface area contributed by atoms with Gasteiger partial charge in [-0.25, -0.2) is 0 Å². The van der Waals surface area contributed by atoms with Crippen LogP contribution in [-0.2, 0) is 20.7 Å². The van der Waals surface area contributed by atoms with Crippen LogP contribution in [0.3, 0.4) is 0 Å². The van der Waals surface area contributed by atoms with Crippen molar-refractivity contribution in [2.45, 2.75) is 25.7 Å². The van der Waals surface area contributed by atoms with Crippen LogP contribution in [0, 0.1) is 5.41 Å². The Morgan fingerprint density at radius 3 is 2.54 bits per heavy atom. The van der Waals surface area contributed by atoms with E-state index in [1.165, 1.54) is 0 Å². The molecule has 0 atom stereocenters. The summed E-state index contributed by atoms with van der Waals surface area (Å²) >= 11 is 0. The molecule has 0 unspecified atom stereocenters. The van der Waals surface area contributed by atoms with Gasteiger partial charge in [-0.15, -0.1) is 0 Å². The number of rotatable bonds is 7. The number of aromatic amines is 1. The Labute approximate surface area is 152 Å². The molecule has 0 spiro atoms. The number of carbonyl (C=O) groups is 2. The van der Waals surface area contributed by atoms with Crippen molar-refractivity contribution in [3.8, 4) is 11.3 Å². The summed E-state index contributed by atoms with van der Waals surface area (Å²) in [6.45, 7) is 1.00. The van der Waals surface area contributed by atoms with Crippen LogP contribution in [0.15, 0.2) is 42.5 Å². The van der Waals surface area contributed by atoms with E-state index < -0.39 is 11.4 Å². The smallest absolute Gasteiger partial charge is 0.311 e. The number of carboxylic acid groups (broad SMARTS) is 1. The molecule has 0 aliphatic carbocycles. The van der Waals surface area contributed by atoms with Crippen molar-refractivity contribution in [3.05, 3.63) is 48.2 Å². The zero-order valence-electron chi connectivity index (χ0n) is 14.7. The first-order valence-electron chi connectivity index (χ1n) is 8.90. The Kier molecular flexibility index (Phi) is 5.73. The highest BCUT2D eigenvalue weighted by Gasteiger charge is 2.40. The minimum absolute atomic E-state index is 0.132. The van der Waals surface area contributed by atoms with Gasteiger partial charge < -0.3 is 20.1 Å². The second-order valence-corrected chi connectivity index (χ2v) is 6.74. The molecule has 3 N–H and O–H groups in total. The molecular formula is C20H24N2O4. The van der Waals surface area contributed by atoms with Crippen LogP contribution in [-0.4, -0.2) is 41.7 Å². The highest BCUT2D eigenvalue weighted by atomic mass is 16.5. The van der Waals surface area contributed by atoms with Crippen LogP contribution in [0.1, 0.15) is 25.0 Å². The number of aliphatic carboxylic acids is 1. The van der Waals surface area contributed by atoms with Gasteiger partial charge in [0.15, 0.2) is 0 Å². The van der Waals surface area contributed by atoms with Gasteiger partial charge in [0.25, 0.3) is 0 Å². The third-order valence-electron chi connectivity index (χ3n) is 4.98. The quantitative estimate of drug-likeness (QED) is 0.711. The Balaban J connectivity index is 1.50. The summed E-state index contributed by atoms with van der Waals surface area (Å²) in [4.78, 5) is 27.1. The van der Waals surface area contributed by atoms with Gasteiger partial charge in [-0.1, -0.05) is 30.3 Å². The fourth-order valence-electron chi connectivity index (χ4n) is 3.20. The largest absolute Gasteiger partial charge is 0.481 e. The van der Waals surface area contributed by atoms with Crippen LogP contribution in [0.4, 0.5) is 0 Å². The molecule has 2 heterocycles. The first kappa shape index (κ1) is 18.2. The fraction of sp³-hybridized carbons (Fsp3) is 0.400. The molecule has 1 aromatic heterocycles. The lowest BCUT2D eigenvalue weighted by Gasteiger charge is -2.33. The number of H-pyrrole nitrogens is 1. The molecule has 1 amide bonds. The second-order valence-electron chi connectivity index (χ2n) is 6.74. The maximum absolute atomic E-state index is 12.2. The van der Waals surface area contributed by atoms with Crippen molar-refractivity contribution in [2.75, 3.05) is 19.8 Å². The molecule has 138 valence electrons. The number of hydrogen-bond donors (Lipinski definition) is 3. The van der Waals surface area contributed by atoms with Crippen LogP contribution < -0.4 is 5.32 Å². The summed E-state index contributed by atoms with van der Waals surface area (Å²) in [5, 5.41) is 12.3. The molecule has 6 nitrogen and oxygen atoms in total. The summed E-state index contributed by atoms with van der Waals surface area (Å²) in [5.74, 6) is -0.994. The molecule has 0 saturated carbocycles. The van der Waals surface area contributed by atoms with Gasteiger partial charge in [0.05, 0.1) is 5.41 Å². The van der Waals surface area contributed by atoms with Crippen molar-refractivity contribution in [2.24, 2.45) is 5.41 Å². The summed E-state index contributed by atoms with van der Waals surface area (Å²) in [6, 6.07) is 14.0. The first-order valence-corrected chi connectivity index (χ1v) is 8.90. The normalized spacial score (nSPS) is 16.2. The average Bonchev–Trinajstić information content (AvgIpc) is 3.15. The third kappa shape index (κ3) is 4.32. The Hall–Kier alpha value is -2.60. The number of nitrogens with one attached hydrogen (secondary N) is 2. The second kappa shape index (κ2) is 8.19. The Morgan fingerprint density at radius 1 is 1.12 bits per heavy atom. The topological polar surface area (TPSA) is 91.4 Å². The summed E-state index contributed by atoms with van der Waals surface area (Å²) in [5.41, 5.74) is 2.21. The van der Waals surface area contributed by atoms with Gasteiger partial charge in [-0.05, 0) is 37.0 Å². The van der Waals surface area contributed by atoms with Crippen LogP contribution in [0.5, 0.6) is 0 Å². The van der Waals surface area contributed by atoms with Crippen molar-refractivity contribution in [1.82, 2.24) is 10.3 Å². The molecule has 0 bridgehead atoms. The van der Waals surface area contributed by atoms with E-state index in [1.807, 2.05) is 42.5 Å². The van der Waals surface area contributed by atoms with Crippen molar-refractivity contribution in [1.29, 1.82) is 0 Å². The minimum atomic E-state index is -0.902. The number of carboxylic acids is 1. The van der Waals surface area contributed by atoms with E-state index in [0.29, 0.717) is 38.9 Å². The zero-order valence-corrected chi connectivity index (χ0v) is 14.7. The molecule has 2 aromatic rings. The van der Waals surface area contributed by atoms with Crippen LogP contribution in [0.25, 0.3) is 11.3 Å². The number of hydrogen-bond acceptors (Lipinski definition) is 3. The van der Waals surface area contributed by atoms with E-state index in [1.54, 1.807) is 0 Å². The summed E-state index contributed by atoms with van der Waals surface area (Å²) in [7, 11) is 0. The maximum atomic E-state index is 12.2. The Bertz CT molecular complexity index is 748. The molecule has 0 radical (unpaired) electrons. The molecule has 3 rings (SSSR count). The molecule has 1 saturated heterocycles. The van der Waals surface area contributed by atoms with Gasteiger partial charge in [0.2, 0.25) is 5.91 Å². The fourth-order valence-corrected chi connectivity index (χ4v) is 3.20. The first-order chi connectivity index (χ1) is 12.6. The Morgan fingerprint density at radius 2 is 1.85 bits per heavy atom. The lowest BCUT2D eigenvalue weighted by Crippen LogP contribution is -2.46. The highest BCUT2D eigenvalue weighted by Crippen LogP contribution is 2.30. The number of benzene rings is 1. The molecule has 1 fully saturated rings. The number of ether oxygens (including phenoxy) is 1. The molecule has 26 heavy (non-hydrogen) atoms. The van der Waals surface area contributed by atoms with E-state index in [4.69, 9.17) is 4.74 Å². The van der Waals surface area contributed by atoms with Gasteiger partial charge in [0, 0.05) is 37.6 Å². The number of aromatic nitrogens is 1. The van der Waals surface area contributed by atoms with Crippen LogP contribution in [0.2, 0.25) is 0 Å². The molecule has 1 aromatic carbocycles. The van der Waals surface area contributed by atoms with Gasteiger partial charge in [0.1, 0.15) is 0 Å². The number of carbonyl (C=O) groups excluding carboxylic acids is 1. The molecule has 1 aliphatic heterocycles. The molecule has 1 aliphatic rings. The van der Waals surface area contributed by atoms with Gasteiger partial charge in [-0.2, -0.15) is 0 Å². The standard InChI is InChI=1S/C20H24N2O4/c23-18(21-14-20(19(24)25)10-12-26-13-11-20)9-7-16-6-8-17(22-16)15-4-2-1-3-5-15/h1-6,8,22H,7,9-14H2,(H,21,23)(H,24,25). The third-order valence-corrected chi connectivity index (χ3v) is 4.98. The molecular weight excluding hydrogens is 332 g/mol. The van der Waals surface area contributed by atoms with E-state index in [9.17, 15) is 14.7 Å². The van der Waals surface area contributed by atoms with Crippen molar-refractivity contribution < 1.29 is 19.4 Å². The van der Waals surface area contributed by atoms with Gasteiger partial charge in [-0.3, -0.25) is 9.59 Å². The SMILES string of the molecule is O=C(CCc1ccc(-c2ccccc2)[nH]1)NCC1(C(=O)O)CCOCC1. The maximum Gasteiger partial charge on any atom is 0.311 e. The minimum Gasteiger partial charge on any atom is -0.481 e. The van der Waals surface area contributed by atoms with E-state index in [0.717, 1.165) is 17.0 Å². The lowest BCUT2D eigenvalue weighted by molar-refractivity contribution is -0.154.